The van der Waals surface area contributed by atoms with Crippen molar-refractivity contribution in [3.8, 4) is 0 Å². The zero-order valence-corrected chi connectivity index (χ0v) is 7.66. The van der Waals surface area contributed by atoms with Crippen LogP contribution < -0.4 is 16.6 Å². The van der Waals surface area contributed by atoms with E-state index in [4.69, 9.17) is 11.5 Å². The molecular formula is C6H13AgN2O2. The quantitative estimate of drug-likeness (QED) is 0.446. The van der Waals surface area contributed by atoms with E-state index in [1.807, 2.05) is 0 Å². The molecule has 5 heteroatoms. The van der Waals surface area contributed by atoms with Crippen LogP contribution >= 0.6 is 0 Å². The standard InChI is InChI=1S/C6H14N2O2.Ag/c7-4-2-1-3-5(8)6(9)10;/h5H,1-4,7-8H2,(H,9,10);/q;+1/p-1/t5-;/m0./s1. The summed E-state index contributed by atoms with van der Waals surface area (Å²) in [6.45, 7) is 0.583. The van der Waals surface area contributed by atoms with Crippen molar-refractivity contribution in [2.75, 3.05) is 6.54 Å². The molecule has 0 saturated heterocycles. The second kappa shape index (κ2) is 8.23. The van der Waals surface area contributed by atoms with E-state index in [1.165, 1.54) is 0 Å². The van der Waals surface area contributed by atoms with Crippen molar-refractivity contribution in [1.82, 2.24) is 0 Å². The van der Waals surface area contributed by atoms with Crippen molar-refractivity contribution in [3.05, 3.63) is 0 Å². The molecule has 0 aromatic carbocycles. The average molecular weight is 253 g/mol. The van der Waals surface area contributed by atoms with Crippen molar-refractivity contribution in [2.24, 2.45) is 11.5 Å². The summed E-state index contributed by atoms with van der Waals surface area (Å²) in [4.78, 5) is 10.0. The van der Waals surface area contributed by atoms with E-state index in [0.29, 0.717) is 13.0 Å². The van der Waals surface area contributed by atoms with Crippen molar-refractivity contribution in [3.63, 3.8) is 0 Å². The first-order valence-electron chi connectivity index (χ1n) is 3.35. The summed E-state index contributed by atoms with van der Waals surface area (Å²) in [7, 11) is 0. The Morgan fingerprint density at radius 1 is 1.45 bits per heavy atom. The minimum atomic E-state index is -1.18. The Morgan fingerprint density at radius 3 is 2.36 bits per heavy atom. The predicted octanol–water partition coefficient (Wildman–Crippen LogP) is -1.81. The molecule has 0 amide bonds. The molecule has 0 bridgehead atoms. The van der Waals surface area contributed by atoms with Crippen LogP contribution in [0.4, 0.5) is 0 Å². The van der Waals surface area contributed by atoms with E-state index in [9.17, 15) is 9.90 Å². The zero-order chi connectivity index (χ0) is 7.98. The third-order valence-electron chi connectivity index (χ3n) is 1.27. The largest absolute Gasteiger partial charge is 1.00 e. The fourth-order valence-corrected chi connectivity index (χ4v) is 0.626. The second-order valence-corrected chi connectivity index (χ2v) is 2.21. The van der Waals surface area contributed by atoms with Gasteiger partial charge >= 0.3 is 22.4 Å². The number of carboxylic acid groups (broad SMARTS) is 1. The predicted molar refractivity (Wildman–Crippen MR) is 35.9 cm³/mol. The van der Waals surface area contributed by atoms with Crippen LogP contribution in [-0.2, 0) is 27.2 Å². The maximum Gasteiger partial charge on any atom is 1.00 e. The van der Waals surface area contributed by atoms with Crippen molar-refractivity contribution in [1.29, 1.82) is 0 Å². The molecule has 0 radical (unpaired) electrons. The smallest absolute Gasteiger partial charge is 0.548 e. The van der Waals surface area contributed by atoms with Crippen molar-refractivity contribution in [2.45, 2.75) is 25.3 Å². The summed E-state index contributed by atoms with van der Waals surface area (Å²) in [6, 6.07) is -0.827. The maximum atomic E-state index is 10.0. The molecule has 0 aromatic rings. The van der Waals surface area contributed by atoms with Gasteiger partial charge in [-0.3, -0.25) is 0 Å². The van der Waals surface area contributed by atoms with Gasteiger partial charge in [0.05, 0.1) is 5.97 Å². The summed E-state index contributed by atoms with van der Waals surface area (Å²) >= 11 is 0. The third kappa shape index (κ3) is 8.03. The van der Waals surface area contributed by atoms with E-state index in [0.717, 1.165) is 12.8 Å². The van der Waals surface area contributed by atoms with Crippen LogP contribution in [0.5, 0.6) is 0 Å². The van der Waals surface area contributed by atoms with Gasteiger partial charge in [-0.2, -0.15) is 0 Å². The number of hydrogen-bond donors (Lipinski definition) is 2. The topological polar surface area (TPSA) is 92.2 Å². The molecule has 0 unspecified atom stereocenters. The van der Waals surface area contributed by atoms with Crippen LogP contribution in [0.3, 0.4) is 0 Å². The first kappa shape index (κ1) is 13.7. The average Bonchev–Trinajstić information content (AvgIpc) is 1.88. The normalized spacial score (nSPS) is 11.8. The van der Waals surface area contributed by atoms with Crippen LogP contribution in [0.25, 0.3) is 0 Å². The first-order chi connectivity index (χ1) is 4.68. The zero-order valence-electron chi connectivity index (χ0n) is 6.18. The Balaban J connectivity index is 0. The molecule has 0 rings (SSSR count). The van der Waals surface area contributed by atoms with Crippen LogP contribution in [0.2, 0.25) is 0 Å². The van der Waals surface area contributed by atoms with Crippen LogP contribution in [0.15, 0.2) is 0 Å². The van der Waals surface area contributed by atoms with Gasteiger partial charge in [0.2, 0.25) is 0 Å². The molecule has 0 spiro atoms. The van der Waals surface area contributed by atoms with E-state index in [2.05, 4.69) is 0 Å². The molecule has 0 aliphatic heterocycles. The van der Waals surface area contributed by atoms with Gasteiger partial charge in [0.15, 0.2) is 0 Å². The molecule has 70 valence electrons. The summed E-state index contributed by atoms with van der Waals surface area (Å²) in [5.41, 5.74) is 10.3. The SMILES string of the molecule is NCCCC[C@H](N)C(=O)[O-].[Ag+]. The van der Waals surface area contributed by atoms with Gasteiger partial charge in [-0.05, 0) is 19.4 Å². The number of aliphatic carboxylic acids is 1. The van der Waals surface area contributed by atoms with Gasteiger partial charge in [0.1, 0.15) is 0 Å². The van der Waals surface area contributed by atoms with Crippen molar-refractivity contribution < 1.29 is 32.3 Å². The van der Waals surface area contributed by atoms with E-state index < -0.39 is 12.0 Å². The fraction of sp³-hybridized carbons (Fsp3) is 0.833. The molecule has 0 aromatic heterocycles. The molecule has 0 saturated carbocycles. The Morgan fingerprint density at radius 2 is 2.00 bits per heavy atom. The van der Waals surface area contributed by atoms with Crippen LogP contribution in [-0.4, -0.2) is 18.6 Å². The number of carboxylic acids is 1. The van der Waals surface area contributed by atoms with Gasteiger partial charge in [0, 0.05) is 6.04 Å². The Bertz CT molecular complexity index is 111. The Hall–Kier alpha value is 0.130. The molecule has 0 heterocycles. The number of carbonyl (C=O) groups is 1. The molecule has 0 aliphatic carbocycles. The van der Waals surface area contributed by atoms with Gasteiger partial charge in [-0.25, -0.2) is 0 Å². The number of carbonyl (C=O) groups excluding carboxylic acids is 1. The molecule has 4 N–H and O–H groups in total. The first-order valence-corrected chi connectivity index (χ1v) is 3.35. The maximum absolute atomic E-state index is 10.0. The third-order valence-corrected chi connectivity index (χ3v) is 1.27. The minimum Gasteiger partial charge on any atom is -0.548 e. The van der Waals surface area contributed by atoms with Gasteiger partial charge < -0.3 is 21.4 Å². The molecule has 4 nitrogen and oxygen atoms in total. The molecule has 0 aliphatic rings. The number of nitrogens with two attached hydrogens (primary N) is 2. The summed E-state index contributed by atoms with van der Waals surface area (Å²) in [6.07, 6.45) is 2.03. The molecule has 11 heavy (non-hydrogen) atoms. The van der Waals surface area contributed by atoms with Gasteiger partial charge in [-0.15, -0.1) is 0 Å². The second-order valence-electron chi connectivity index (χ2n) is 2.21. The molecule has 1 atom stereocenters. The van der Waals surface area contributed by atoms with Crippen LogP contribution in [0.1, 0.15) is 19.3 Å². The summed E-state index contributed by atoms with van der Waals surface area (Å²) in [5.74, 6) is -1.18. The fourth-order valence-electron chi connectivity index (χ4n) is 0.626. The minimum absolute atomic E-state index is 0. The Labute approximate surface area is 81.8 Å². The summed E-state index contributed by atoms with van der Waals surface area (Å²) in [5, 5.41) is 10.0. The van der Waals surface area contributed by atoms with E-state index in [-0.39, 0.29) is 22.4 Å². The summed E-state index contributed by atoms with van der Waals surface area (Å²) < 4.78 is 0. The molecular weight excluding hydrogens is 240 g/mol. The van der Waals surface area contributed by atoms with Gasteiger partial charge in [0.25, 0.3) is 0 Å². The molecule has 0 fully saturated rings. The number of unbranched alkanes of at least 4 members (excludes halogenated alkanes) is 1. The number of rotatable bonds is 5. The van der Waals surface area contributed by atoms with Crippen molar-refractivity contribution >= 4 is 5.97 Å². The van der Waals surface area contributed by atoms with E-state index >= 15 is 0 Å². The number of hydrogen-bond acceptors (Lipinski definition) is 4. The van der Waals surface area contributed by atoms with E-state index in [1.54, 1.807) is 0 Å². The Kier molecular flexibility index (Phi) is 10.3. The monoisotopic (exact) mass is 252 g/mol. The van der Waals surface area contributed by atoms with Gasteiger partial charge in [-0.1, -0.05) is 6.42 Å². The van der Waals surface area contributed by atoms with Crippen LogP contribution in [0, 0.1) is 0 Å².